The van der Waals surface area contributed by atoms with Crippen molar-refractivity contribution in [3.63, 3.8) is 0 Å². The highest BCUT2D eigenvalue weighted by molar-refractivity contribution is 7.13. The Morgan fingerprint density at radius 1 is 1.08 bits per heavy atom. The molecule has 0 aromatic carbocycles. The second-order valence-corrected chi connectivity index (χ2v) is 9.19. The smallest absolute Gasteiger partial charge is 0.197 e. The molecule has 0 saturated carbocycles. The van der Waals surface area contributed by atoms with Crippen molar-refractivity contribution in [2.45, 2.75) is 71.0 Å². The second-order valence-electron chi connectivity index (χ2n) is 7.08. The molecule has 0 amide bonds. The number of fused-ring (bicyclic) bond motifs is 2. The standard InChI is InChI=1S/C18H24N2O2S2/c1-10(2)16-20-14-5-4-12(22-18(14)24-16)8-11(3)17-19-13-6-7-21-9-15(13)23-17/h10-12H,4-9H2,1-3H3. The zero-order valence-electron chi connectivity index (χ0n) is 14.5. The average Bonchev–Trinajstić information content (AvgIpc) is 3.18. The van der Waals surface area contributed by atoms with Crippen LogP contribution in [0.4, 0.5) is 0 Å². The lowest BCUT2D eigenvalue weighted by atomic mass is 9.99. The Labute approximate surface area is 151 Å². The Balaban J connectivity index is 1.42. The van der Waals surface area contributed by atoms with E-state index in [0.29, 0.717) is 11.8 Å². The van der Waals surface area contributed by atoms with Gasteiger partial charge in [-0.25, -0.2) is 9.97 Å². The Hall–Kier alpha value is -0.980. The van der Waals surface area contributed by atoms with Crippen LogP contribution in [-0.4, -0.2) is 22.7 Å². The molecule has 4 rings (SSSR count). The summed E-state index contributed by atoms with van der Waals surface area (Å²) in [5, 5.41) is 3.49. The number of aryl methyl sites for hydroxylation is 1. The van der Waals surface area contributed by atoms with Gasteiger partial charge < -0.3 is 9.47 Å². The van der Waals surface area contributed by atoms with E-state index < -0.39 is 0 Å². The Morgan fingerprint density at radius 2 is 1.92 bits per heavy atom. The van der Waals surface area contributed by atoms with Gasteiger partial charge in [0.25, 0.3) is 0 Å². The first-order valence-corrected chi connectivity index (χ1v) is 10.5. The van der Waals surface area contributed by atoms with E-state index in [1.165, 1.54) is 20.6 Å². The van der Waals surface area contributed by atoms with Crippen LogP contribution in [0.25, 0.3) is 0 Å². The number of hydrogen-bond acceptors (Lipinski definition) is 6. The SMILES string of the molecule is CC(C)c1nc2c(s1)OC(CC(C)c1nc3c(s1)COCC3)CC2. The summed E-state index contributed by atoms with van der Waals surface area (Å²) in [7, 11) is 0. The normalized spacial score (nSPS) is 21.2. The summed E-state index contributed by atoms with van der Waals surface area (Å²) < 4.78 is 11.8. The number of hydrogen-bond donors (Lipinski definition) is 0. The molecule has 24 heavy (non-hydrogen) atoms. The van der Waals surface area contributed by atoms with Gasteiger partial charge in [0.05, 0.1) is 39.5 Å². The van der Waals surface area contributed by atoms with E-state index in [4.69, 9.17) is 19.4 Å². The molecule has 2 aromatic rings. The first-order chi connectivity index (χ1) is 11.6. The van der Waals surface area contributed by atoms with Crippen molar-refractivity contribution in [3.8, 4) is 5.06 Å². The maximum absolute atomic E-state index is 6.27. The lowest BCUT2D eigenvalue weighted by molar-refractivity contribution is 0.112. The molecular formula is C18H24N2O2S2. The summed E-state index contributed by atoms with van der Waals surface area (Å²) >= 11 is 3.55. The van der Waals surface area contributed by atoms with Gasteiger partial charge in [0.15, 0.2) is 5.06 Å². The summed E-state index contributed by atoms with van der Waals surface area (Å²) in [6, 6.07) is 0. The molecule has 0 saturated heterocycles. The van der Waals surface area contributed by atoms with Gasteiger partial charge in [-0.15, -0.1) is 11.3 Å². The number of rotatable bonds is 4. The molecule has 2 aliphatic heterocycles. The summed E-state index contributed by atoms with van der Waals surface area (Å²) in [6.45, 7) is 8.20. The van der Waals surface area contributed by atoms with E-state index in [1.54, 1.807) is 11.3 Å². The average molecular weight is 365 g/mol. The fourth-order valence-electron chi connectivity index (χ4n) is 3.28. The van der Waals surface area contributed by atoms with Gasteiger partial charge in [0.1, 0.15) is 6.10 Å². The molecule has 6 heteroatoms. The molecule has 2 aromatic heterocycles. The Kier molecular flexibility index (Phi) is 4.62. The van der Waals surface area contributed by atoms with Crippen molar-refractivity contribution in [1.82, 2.24) is 9.97 Å². The van der Waals surface area contributed by atoms with E-state index in [0.717, 1.165) is 49.7 Å². The zero-order valence-corrected chi connectivity index (χ0v) is 16.1. The van der Waals surface area contributed by atoms with E-state index in [2.05, 4.69) is 20.8 Å². The lowest BCUT2D eigenvalue weighted by Crippen LogP contribution is -2.23. The van der Waals surface area contributed by atoms with Crippen LogP contribution >= 0.6 is 22.7 Å². The van der Waals surface area contributed by atoms with Crippen molar-refractivity contribution >= 4 is 22.7 Å². The first kappa shape index (κ1) is 16.5. The maximum atomic E-state index is 6.27. The summed E-state index contributed by atoms with van der Waals surface area (Å²) in [6.07, 6.45) is 4.37. The summed E-state index contributed by atoms with van der Waals surface area (Å²) in [5.74, 6) is 0.912. The largest absolute Gasteiger partial charge is 0.479 e. The van der Waals surface area contributed by atoms with Crippen molar-refractivity contribution < 1.29 is 9.47 Å². The fraction of sp³-hybridized carbons (Fsp3) is 0.667. The van der Waals surface area contributed by atoms with Crippen LogP contribution in [0.3, 0.4) is 0 Å². The third-order valence-electron chi connectivity index (χ3n) is 4.70. The van der Waals surface area contributed by atoms with Crippen molar-refractivity contribution in [3.05, 3.63) is 26.3 Å². The van der Waals surface area contributed by atoms with Gasteiger partial charge in [0, 0.05) is 18.3 Å². The molecular weight excluding hydrogens is 340 g/mol. The quantitative estimate of drug-likeness (QED) is 0.790. The Morgan fingerprint density at radius 3 is 2.71 bits per heavy atom. The van der Waals surface area contributed by atoms with Gasteiger partial charge >= 0.3 is 0 Å². The van der Waals surface area contributed by atoms with E-state index in [-0.39, 0.29) is 6.10 Å². The van der Waals surface area contributed by atoms with Crippen LogP contribution in [-0.2, 0) is 24.2 Å². The number of aromatic nitrogens is 2. The first-order valence-electron chi connectivity index (χ1n) is 8.82. The number of nitrogens with zero attached hydrogens (tertiary/aromatic N) is 2. The molecule has 0 N–H and O–H groups in total. The minimum absolute atomic E-state index is 0.283. The van der Waals surface area contributed by atoms with Crippen LogP contribution in [0.15, 0.2) is 0 Å². The van der Waals surface area contributed by atoms with Crippen LogP contribution in [0.5, 0.6) is 5.06 Å². The molecule has 4 heterocycles. The molecule has 130 valence electrons. The van der Waals surface area contributed by atoms with Gasteiger partial charge in [-0.2, -0.15) is 0 Å². The molecule has 2 atom stereocenters. The third kappa shape index (κ3) is 3.24. The topological polar surface area (TPSA) is 44.2 Å². The van der Waals surface area contributed by atoms with E-state index in [9.17, 15) is 0 Å². The molecule has 0 aliphatic carbocycles. The summed E-state index contributed by atoms with van der Waals surface area (Å²) in [4.78, 5) is 10.9. The van der Waals surface area contributed by atoms with Crippen LogP contribution in [0.2, 0.25) is 0 Å². The van der Waals surface area contributed by atoms with E-state index >= 15 is 0 Å². The van der Waals surface area contributed by atoms with Crippen LogP contribution < -0.4 is 4.74 Å². The van der Waals surface area contributed by atoms with E-state index in [1.807, 2.05) is 11.3 Å². The minimum Gasteiger partial charge on any atom is -0.479 e. The second kappa shape index (κ2) is 6.73. The highest BCUT2D eigenvalue weighted by Crippen LogP contribution is 2.39. The highest BCUT2D eigenvalue weighted by Gasteiger charge is 2.27. The molecule has 0 radical (unpaired) electrons. The van der Waals surface area contributed by atoms with Gasteiger partial charge in [-0.3, -0.25) is 0 Å². The van der Waals surface area contributed by atoms with Crippen LogP contribution in [0.1, 0.15) is 71.7 Å². The maximum Gasteiger partial charge on any atom is 0.197 e. The highest BCUT2D eigenvalue weighted by atomic mass is 32.1. The lowest BCUT2D eigenvalue weighted by Gasteiger charge is -2.24. The summed E-state index contributed by atoms with van der Waals surface area (Å²) in [5.41, 5.74) is 2.42. The monoisotopic (exact) mass is 364 g/mol. The van der Waals surface area contributed by atoms with Gasteiger partial charge in [-0.1, -0.05) is 32.1 Å². The minimum atomic E-state index is 0.283. The Bertz CT molecular complexity index is 699. The van der Waals surface area contributed by atoms with Crippen molar-refractivity contribution in [2.75, 3.05) is 6.61 Å². The number of ether oxygens (including phenoxy) is 2. The zero-order chi connectivity index (χ0) is 16.7. The fourth-order valence-corrected chi connectivity index (χ4v) is 5.42. The van der Waals surface area contributed by atoms with Crippen LogP contribution in [0, 0.1) is 0 Å². The predicted octanol–water partition coefficient (Wildman–Crippen LogP) is 4.68. The molecule has 2 unspecified atom stereocenters. The van der Waals surface area contributed by atoms with Crippen molar-refractivity contribution in [2.24, 2.45) is 0 Å². The predicted molar refractivity (Wildman–Crippen MR) is 97.4 cm³/mol. The van der Waals surface area contributed by atoms with Gasteiger partial charge in [0.2, 0.25) is 0 Å². The van der Waals surface area contributed by atoms with Crippen molar-refractivity contribution in [1.29, 1.82) is 0 Å². The molecule has 2 aliphatic rings. The molecule has 4 nitrogen and oxygen atoms in total. The number of thiazole rings is 2. The molecule has 0 bridgehead atoms. The molecule has 0 fully saturated rings. The molecule has 0 spiro atoms. The third-order valence-corrected chi connectivity index (χ3v) is 7.29. The van der Waals surface area contributed by atoms with Gasteiger partial charge in [-0.05, 0) is 19.3 Å².